The highest BCUT2D eigenvalue weighted by atomic mass is 16.7. The fourth-order valence-corrected chi connectivity index (χ4v) is 1.41. The van der Waals surface area contributed by atoms with Crippen LogP contribution in [0.5, 0.6) is 0 Å². The van der Waals surface area contributed by atoms with Crippen LogP contribution < -0.4 is 0 Å². The molecule has 3 nitrogen and oxygen atoms in total. The van der Waals surface area contributed by atoms with Gasteiger partial charge in [0.05, 0.1) is 6.10 Å². The summed E-state index contributed by atoms with van der Waals surface area (Å²) in [5.41, 5.74) is 0. The highest BCUT2D eigenvalue weighted by Crippen LogP contribution is 2.06. The van der Waals surface area contributed by atoms with Gasteiger partial charge in [-0.1, -0.05) is 32.3 Å². The lowest BCUT2D eigenvalue weighted by Crippen LogP contribution is -2.15. The largest absolute Gasteiger partial charge is 0.389 e. The highest BCUT2D eigenvalue weighted by molar-refractivity contribution is 4.91. The van der Waals surface area contributed by atoms with Crippen LogP contribution in [0.2, 0.25) is 0 Å². The minimum atomic E-state index is -0.380. The summed E-state index contributed by atoms with van der Waals surface area (Å²) in [7, 11) is 0. The fraction of sp³-hybridized carbons (Fsp3) is 0.846. The lowest BCUT2D eigenvalue weighted by Gasteiger charge is -2.13. The summed E-state index contributed by atoms with van der Waals surface area (Å²) in [5.74, 6) is 0. The second-order valence-electron chi connectivity index (χ2n) is 3.73. The first-order chi connectivity index (χ1) is 7.74. The molecule has 0 bridgehead atoms. The van der Waals surface area contributed by atoms with E-state index in [0.29, 0.717) is 13.2 Å². The van der Waals surface area contributed by atoms with E-state index >= 15 is 0 Å². The molecule has 0 aliphatic rings. The van der Waals surface area contributed by atoms with Gasteiger partial charge in [0.2, 0.25) is 0 Å². The number of ether oxygens (including phenoxy) is 2. The number of rotatable bonds is 10. The van der Waals surface area contributed by atoms with Crippen molar-refractivity contribution in [1.82, 2.24) is 0 Å². The Balaban J connectivity index is 3.81. The number of hydrogen-bond donors (Lipinski definition) is 1. The molecule has 0 saturated carbocycles. The van der Waals surface area contributed by atoms with Gasteiger partial charge in [-0.2, -0.15) is 0 Å². The van der Waals surface area contributed by atoms with Gasteiger partial charge in [0.25, 0.3) is 0 Å². The van der Waals surface area contributed by atoms with Crippen LogP contribution in [0.25, 0.3) is 0 Å². The van der Waals surface area contributed by atoms with Crippen LogP contribution in [-0.4, -0.2) is 30.7 Å². The van der Waals surface area contributed by atoms with Gasteiger partial charge < -0.3 is 14.6 Å². The number of aliphatic hydroxyl groups excluding tert-OH is 1. The molecule has 0 amide bonds. The fourth-order valence-electron chi connectivity index (χ4n) is 1.41. The van der Waals surface area contributed by atoms with Crippen molar-refractivity contribution in [2.75, 3.05) is 13.2 Å². The summed E-state index contributed by atoms with van der Waals surface area (Å²) in [6.07, 6.45) is 7.09. The van der Waals surface area contributed by atoms with Crippen LogP contribution >= 0.6 is 0 Å². The van der Waals surface area contributed by atoms with Gasteiger partial charge in [-0.05, 0) is 26.3 Å². The molecule has 0 spiro atoms. The van der Waals surface area contributed by atoms with E-state index in [9.17, 15) is 5.11 Å². The quantitative estimate of drug-likeness (QED) is 0.356. The molecular formula is C13H26O3. The van der Waals surface area contributed by atoms with Crippen LogP contribution in [0.15, 0.2) is 12.2 Å². The maximum absolute atomic E-state index is 9.66. The Kier molecular flexibility index (Phi) is 10.9. The van der Waals surface area contributed by atoms with E-state index in [2.05, 4.69) is 6.92 Å². The Labute approximate surface area is 99.5 Å². The molecule has 3 heteroatoms. The summed E-state index contributed by atoms with van der Waals surface area (Å²) in [6, 6.07) is 0. The standard InChI is InChI=1S/C13H26O3/c1-4-7-8-9-12(14)10-11-13(15-5-2)16-6-3/h10-14H,4-9H2,1-3H3. The van der Waals surface area contributed by atoms with Gasteiger partial charge in [-0.15, -0.1) is 0 Å². The average molecular weight is 230 g/mol. The second kappa shape index (κ2) is 11.1. The van der Waals surface area contributed by atoms with Crippen LogP contribution in [0, 0.1) is 0 Å². The Hall–Kier alpha value is -0.380. The molecule has 1 unspecified atom stereocenters. The average Bonchev–Trinajstić information content (AvgIpc) is 2.27. The zero-order chi connectivity index (χ0) is 12.2. The van der Waals surface area contributed by atoms with Crippen LogP contribution in [0.4, 0.5) is 0 Å². The third-order valence-corrected chi connectivity index (χ3v) is 2.26. The van der Waals surface area contributed by atoms with E-state index in [-0.39, 0.29) is 12.4 Å². The van der Waals surface area contributed by atoms with E-state index in [4.69, 9.17) is 9.47 Å². The first-order valence-corrected chi connectivity index (χ1v) is 6.34. The normalized spacial score (nSPS) is 13.8. The maximum Gasteiger partial charge on any atom is 0.176 e. The van der Waals surface area contributed by atoms with Crippen molar-refractivity contribution >= 4 is 0 Å². The second-order valence-corrected chi connectivity index (χ2v) is 3.73. The Morgan fingerprint density at radius 1 is 1.00 bits per heavy atom. The molecule has 0 heterocycles. The lowest BCUT2D eigenvalue weighted by atomic mass is 10.1. The van der Waals surface area contributed by atoms with Crippen molar-refractivity contribution in [2.45, 2.75) is 58.8 Å². The van der Waals surface area contributed by atoms with Crippen molar-refractivity contribution in [2.24, 2.45) is 0 Å². The summed E-state index contributed by atoms with van der Waals surface area (Å²) in [6.45, 7) is 7.24. The van der Waals surface area contributed by atoms with E-state index in [1.807, 2.05) is 13.8 Å². The van der Waals surface area contributed by atoms with Crippen LogP contribution in [-0.2, 0) is 9.47 Å². The van der Waals surface area contributed by atoms with E-state index in [1.165, 1.54) is 12.8 Å². The number of hydrogen-bond acceptors (Lipinski definition) is 3. The van der Waals surface area contributed by atoms with E-state index in [0.717, 1.165) is 12.8 Å². The minimum absolute atomic E-state index is 0.323. The first kappa shape index (κ1) is 15.6. The molecule has 0 aliphatic heterocycles. The molecule has 0 aromatic rings. The topological polar surface area (TPSA) is 38.7 Å². The third kappa shape index (κ3) is 8.89. The molecule has 0 radical (unpaired) electrons. The van der Waals surface area contributed by atoms with Gasteiger partial charge >= 0.3 is 0 Å². The van der Waals surface area contributed by atoms with Crippen molar-refractivity contribution < 1.29 is 14.6 Å². The van der Waals surface area contributed by atoms with Crippen molar-refractivity contribution in [3.63, 3.8) is 0 Å². The SMILES string of the molecule is CCCCCC(O)C=CC(OCC)OCC. The summed E-state index contributed by atoms with van der Waals surface area (Å²) < 4.78 is 10.7. The van der Waals surface area contributed by atoms with Gasteiger partial charge in [0.15, 0.2) is 6.29 Å². The molecule has 1 atom stereocenters. The van der Waals surface area contributed by atoms with Crippen molar-refractivity contribution in [3.8, 4) is 0 Å². The molecule has 0 aromatic carbocycles. The molecule has 96 valence electrons. The van der Waals surface area contributed by atoms with Gasteiger partial charge in [0.1, 0.15) is 0 Å². The Bertz CT molecular complexity index is 163. The summed E-state index contributed by atoms with van der Waals surface area (Å²) in [4.78, 5) is 0. The van der Waals surface area contributed by atoms with Gasteiger partial charge in [0, 0.05) is 13.2 Å². The number of unbranched alkanes of at least 4 members (excludes halogenated alkanes) is 2. The monoisotopic (exact) mass is 230 g/mol. The molecular weight excluding hydrogens is 204 g/mol. The Morgan fingerprint density at radius 3 is 2.12 bits per heavy atom. The van der Waals surface area contributed by atoms with Gasteiger partial charge in [-0.25, -0.2) is 0 Å². The third-order valence-electron chi connectivity index (χ3n) is 2.26. The maximum atomic E-state index is 9.66. The number of aliphatic hydroxyl groups is 1. The molecule has 0 saturated heterocycles. The minimum Gasteiger partial charge on any atom is -0.389 e. The Morgan fingerprint density at radius 2 is 1.62 bits per heavy atom. The molecule has 1 N–H and O–H groups in total. The lowest BCUT2D eigenvalue weighted by molar-refractivity contribution is -0.104. The molecule has 0 aliphatic carbocycles. The zero-order valence-corrected chi connectivity index (χ0v) is 10.8. The van der Waals surface area contributed by atoms with E-state index < -0.39 is 0 Å². The van der Waals surface area contributed by atoms with Gasteiger partial charge in [-0.3, -0.25) is 0 Å². The van der Waals surface area contributed by atoms with Crippen molar-refractivity contribution in [3.05, 3.63) is 12.2 Å². The molecule has 0 aromatic heterocycles. The molecule has 16 heavy (non-hydrogen) atoms. The summed E-state index contributed by atoms with van der Waals surface area (Å²) in [5, 5.41) is 9.66. The van der Waals surface area contributed by atoms with Crippen LogP contribution in [0.3, 0.4) is 0 Å². The zero-order valence-electron chi connectivity index (χ0n) is 10.8. The van der Waals surface area contributed by atoms with Crippen LogP contribution in [0.1, 0.15) is 46.5 Å². The highest BCUT2D eigenvalue weighted by Gasteiger charge is 2.04. The van der Waals surface area contributed by atoms with E-state index in [1.54, 1.807) is 12.2 Å². The van der Waals surface area contributed by atoms with Crippen molar-refractivity contribution in [1.29, 1.82) is 0 Å². The smallest absolute Gasteiger partial charge is 0.176 e. The summed E-state index contributed by atoms with van der Waals surface area (Å²) >= 11 is 0. The molecule has 0 fully saturated rings. The predicted octanol–water partition coefficient (Wildman–Crippen LogP) is 2.88. The first-order valence-electron chi connectivity index (χ1n) is 6.34. The predicted molar refractivity (Wildman–Crippen MR) is 66.3 cm³/mol. The molecule has 0 rings (SSSR count).